The second-order valence-electron chi connectivity index (χ2n) is 5.51. The van der Waals surface area contributed by atoms with Gasteiger partial charge in [0, 0.05) is 11.1 Å². The van der Waals surface area contributed by atoms with Crippen molar-refractivity contribution in [3.63, 3.8) is 0 Å². The molecule has 1 amide bonds. The van der Waals surface area contributed by atoms with Gasteiger partial charge < -0.3 is 9.84 Å². The SMILES string of the molecule is COc1ccc(F)c(CONC(=O)c2cncc(-c3ccc(O)cc3)n2)c1. The highest BCUT2D eigenvalue weighted by molar-refractivity contribution is 5.91. The Morgan fingerprint density at radius 1 is 1.19 bits per heavy atom. The Bertz CT molecular complexity index is 948. The number of carbonyl (C=O) groups excluding carboxylic acids is 1. The largest absolute Gasteiger partial charge is 0.508 e. The molecular weight excluding hydrogens is 353 g/mol. The van der Waals surface area contributed by atoms with Crippen molar-refractivity contribution < 1.29 is 23.9 Å². The molecule has 7 nitrogen and oxygen atoms in total. The highest BCUT2D eigenvalue weighted by Crippen LogP contribution is 2.20. The van der Waals surface area contributed by atoms with Crippen molar-refractivity contribution in [3.05, 3.63) is 71.9 Å². The number of phenolic OH excluding ortho intramolecular Hbond substituents is 1. The lowest BCUT2D eigenvalue weighted by atomic mass is 10.1. The van der Waals surface area contributed by atoms with Crippen molar-refractivity contribution in [1.29, 1.82) is 0 Å². The number of aromatic nitrogens is 2. The summed E-state index contributed by atoms with van der Waals surface area (Å²) in [5.74, 6) is -0.488. The van der Waals surface area contributed by atoms with E-state index in [1.807, 2.05) is 0 Å². The van der Waals surface area contributed by atoms with E-state index in [1.165, 1.54) is 49.8 Å². The summed E-state index contributed by atoms with van der Waals surface area (Å²) < 4.78 is 18.8. The van der Waals surface area contributed by atoms with Gasteiger partial charge in [-0.3, -0.25) is 14.6 Å². The second kappa shape index (κ2) is 8.24. The standard InChI is InChI=1S/C19H16FN3O4/c1-26-15-6-7-16(20)13(8-15)11-27-23-19(25)18-10-21-9-17(22-18)12-2-4-14(24)5-3-12/h2-10,24H,11H2,1H3,(H,23,25). The summed E-state index contributed by atoms with van der Waals surface area (Å²) in [7, 11) is 1.47. The topological polar surface area (TPSA) is 93.6 Å². The molecule has 2 N–H and O–H groups in total. The van der Waals surface area contributed by atoms with E-state index < -0.39 is 11.7 Å². The van der Waals surface area contributed by atoms with Crippen LogP contribution in [0.5, 0.6) is 11.5 Å². The van der Waals surface area contributed by atoms with Crippen LogP contribution in [0.4, 0.5) is 4.39 Å². The van der Waals surface area contributed by atoms with Crippen molar-refractivity contribution >= 4 is 5.91 Å². The third-order valence-corrected chi connectivity index (χ3v) is 3.68. The highest BCUT2D eigenvalue weighted by Gasteiger charge is 2.11. The van der Waals surface area contributed by atoms with Crippen LogP contribution in [0.25, 0.3) is 11.3 Å². The lowest BCUT2D eigenvalue weighted by Crippen LogP contribution is -2.25. The minimum absolute atomic E-state index is 0.0340. The van der Waals surface area contributed by atoms with Gasteiger partial charge in [-0.25, -0.2) is 14.9 Å². The number of aromatic hydroxyl groups is 1. The Balaban J connectivity index is 1.65. The van der Waals surface area contributed by atoms with E-state index in [0.29, 0.717) is 17.0 Å². The van der Waals surface area contributed by atoms with Crippen molar-refractivity contribution in [2.45, 2.75) is 6.61 Å². The minimum atomic E-state index is -0.619. The van der Waals surface area contributed by atoms with Gasteiger partial charge in [0.05, 0.1) is 25.2 Å². The van der Waals surface area contributed by atoms with Crippen LogP contribution in [0.3, 0.4) is 0 Å². The minimum Gasteiger partial charge on any atom is -0.508 e. The Kier molecular flexibility index (Phi) is 5.58. The van der Waals surface area contributed by atoms with E-state index >= 15 is 0 Å². The molecule has 0 saturated heterocycles. The lowest BCUT2D eigenvalue weighted by molar-refractivity contribution is 0.0219. The average Bonchev–Trinajstić information content (AvgIpc) is 2.70. The van der Waals surface area contributed by atoms with Gasteiger partial charge in [-0.15, -0.1) is 0 Å². The molecule has 27 heavy (non-hydrogen) atoms. The van der Waals surface area contributed by atoms with Crippen LogP contribution in [0.1, 0.15) is 16.1 Å². The second-order valence-corrected chi connectivity index (χ2v) is 5.51. The van der Waals surface area contributed by atoms with Gasteiger partial charge in [0.15, 0.2) is 0 Å². The van der Waals surface area contributed by atoms with Crippen LogP contribution in [-0.4, -0.2) is 28.1 Å². The van der Waals surface area contributed by atoms with Crippen molar-refractivity contribution in [2.24, 2.45) is 0 Å². The van der Waals surface area contributed by atoms with E-state index in [0.717, 1.165) is 0 Å². The van der Waals surface area contributed by atoms with Gasteiger partial charge in [0.2, 0.25) is 0 Å². The predicted octanol–water partition coefficient (Wildman–Crippen LogP) is 2.86. The molecule has 0 radical (unpaired) electrons. The maximum absolute atomic E-state index is 13.7. The summed E-state index contributed by atoms with van der Waals surface area (Å²) in [6.07, 6.45) is 2.78. The molecule has 1 heterocycles. The first-order valence-corrected chi connectivity index (χ1v) is 7.93. The number of phenols is 1. The third kappa shape index (κ3) is 4.56. The molecule has 0 unspecified atom stereocenters. The molecule has 3 rings (SSSR count). The first-order chi connectivity index (χ1) is 13.1. The molecule has 0 aliphatic carbocycles. The highest BCUT2D eigenvalue weighted by atomic mass is 19.1. The zero-order chi connectivity index (χ0) is 19.2. The van der Waals surface area contributed by atoms with E-state index in [9.17, 15) is 14.3 Å². The number of nitrogens with one attached hydrogen (secondary N) is 1. The molecule has 8 heteroatoms. The van der Waals surface area contributed by atoms with Crippen LogP contribution in [-0.2, 0) is 11.4 Å². The molecule has 1 aromatic heterocycles. The molecule has 0 bridgehead atoms. The summed E-state index contributed by atoms with van der Waals surface area (Å²) >= 11 is 0. The zero-order valence-electron chi connectivity index (χ0n) is 14.3. The first kappa shape index (κ1) is 18.3. The summed E-state index contributed by atoms with van der Waals surface area (Å²) in [5.41, 5.74) is 3.63. The molecule has 0 fully saturated rings. The van der Waals surface area contributed by atoms with Crippen LogP contribution < -0.4 is 10.2 Å². The lowest BCUT2D eigenvalue weighted by Gasteiger charge is -2.08. The summed E-state index contributed by atoms with van der Waals surface area (Å²) in [5, 5.41) is 9.34. The maximum Gasteiger partial charge on any atom is 0.295 e. The number of rotatable bonds is 6. The molecule has 0 aliphatic rings. The fraction of sp³-hybridized carbons (Fsp3) is 0.105. The number of nitrogens with zero attached hydrogens (tertiary/aromatic N) is 2. The normalized spacial score (nSPS) is 10.4. The fourth-order valence-electron chi connectivity index (χ4n) is 2.27. The third-order valence-electron chi connectivity index (χ3n) is 3.68. The van der Waals surface area contributed by atoms with Crippen LogP contribution in [0, 0.1) is 5.82 Å². The summed E-state index contributed by atoms with van der Waals surface area (Å²) in [6.45, 7) is -0.181. The molecular formula is C19H16FN3O4. The number of hydroxylamine groups is 1. The van der Waals surface area contributed by atoms with Crippen molar-refractivity contribution in [1.82, 2.24) is 15.4 Å². The Labute approximate surface area is 154 Å². The molecule has 3 aromatic rings. The molecule has 138 valence electrons. The number of methoxy groups -OCH3 is 1. The first-order valence-electron chi connectivity index (χ1n) is 7.93. The average molecular weight is 369 g/mol. The number of ether oxygens (including phenoxy) is 1. The summed E-state index contributed by atoms with van der Waals surface area (Å²) in [4.78, 5) is 25.5. The fourth-order valence-corrected chi connectivity index (χ4v) is 2.27. The monoisotopic (exact) mass is 369 g/mol. The number of halogens is 1. The molecule has 0 atom stereocenters. The summed E-state index contributed by atoms with van der Waals surface area (Å²) in [6, 6.07) is 10.6. The number of hydrogen-bond acceptors (Lipinski definition) is 6. The Hall–Kier alpha value is -3.52. The predicted molar refractivity (Wildman–Crippen MR) is 94.3 cm³/mol. The molecule has 0 aliphatic heterocycles. The number of hydrogen-bond donors (Lipinski definition) is 2. The quantitative estimate of drug-likeness (QED) is 0.649. The van der Waals surface area contributed by atoms with Gasteiger partial charge in [-0.1, -0.05) is 0 Å². The van der Waals surface area contributed by atoms with E-state index in [-0.39, 0.29) is 23.6 Å². The molecule has 0 saturated carbocycles. The van der Waals surface area contributed by atoms with E-state index in [2.05, 4.69) is 15.4 Å². The number of benzene rings is 2. The van der Waals surface area contributed by atoms with E-state index in [4.69, 9.17) is 9.57 Å². The van der Waals surface area contributed by atoms with E-state index in [1.54, 1.807) is 12.1 Å². The maximum atomic E-state index is 13.7. The number of amides is 1. The zero-order valence-corrected chi connectivity index (χ0v) is 14.3. The molecule has 2 aromatic carbocycles. The van der Waals surface area contributed by atoms with Gasteiger partial charge in [-0.05, 0) is 42.5 Å². The van der Waals surface area contributed by atoms with Gasteiger partial charge in [-0.2, -0.15) is 0 Å². The Morgan fingerprint density at radius 3 is 2.70 bits per heavy atom. The Morgan fingerprint density at radius 2 is 1.96 bits per heavy atom. The number of carbonyl (C=O) groups is 1. The smallest absolute Gasteiger partial charge is 0.295 e. The van der Waals surface area contributed by atoms with Crippen molar-refractivity contribution in [2.75, 3.05) is 7.11 Å². The van der Waals surface area contributed by atoms with Crippen LogP contribution in [0.15, 0.2) is 54.9 Å². The van der Waals surface area contributed by atoms with Gasteiger partial charge >= 0.3 is 0 Å². The van der Waals surface area contributed by atoms with Crippen LogP contribution in [0.2, 0.25) is 0 Å². The van der Waals surface area contributed by atoms with Crippen molar-refractivity contribution in [3.8, 4) is 22.8 Å². The van der Waals surface area contributed by atoms with Gasteiger partial charge in [0.1, 0.15) is 29.6 Å². The molecule has 0 spiro atoms. The van der Waals surface area contributed by atoms with Gasteiger partial charge in [0.25, 0.3) is 5.91 Å². The van der Waals surface area contributed by atoms with Crippen LogP contribution >= 0.6 is 0 Å².